The van der Waals surface area contributed by atoms with Crippen LogP contribution in [0.1, 0.15) is 11.4 Å². The van der Waals surface area contributed by atoms with E-state index < -0.39 is 17.8 Å². The summed E-state index contributed by atoms with van der Waals surface area (Å²) in [7, 11) is 0. The smallest absolute Gasteiger partial charge is 0.315 e. The van der Waals surface area contributed by atoms with E-state index in [-0.39, 0.29) is 24.6 Å². The molecule has 0 fully saturated rings. The van der Waals surface area contributed by atoms with Gasteiger partial charge in [-0.3, -0.25) is 4.79 Å². The minimum atomic E-state index is -0.561. The van der Waals surface area contributed by atoms with Crippen LogP contribution in [0.2, 0.25) is 0 Å². The molecule has 150 valence electrons. The van der Waals surface area contributed by atoms with Gasteiger partial charge in [0.15, 0.2) is 5.82 Å². The van der Waals surface area contributed by atoms with Gasteiger partial charge in [0.05, 0.1) is 6.54 Å². The van der Waals surface area contributed by atoms with Crippen LogP contribution >= 0.6 is 0 Å². The van der Waals surface area contributed by atoms with E-state index in [0.29, 0.717) is 17.1 Å². The average Bonchev–Trinajstić information content (AvgIpc) is 3.13. The lowest BCUT2D eigenvalue weighted by atomic mass is 10.2. The number of nitrogens with one attached hydrogen (secondary N) is 3. The van der Waals surface area contributed by atoms with E-state index in [0.717, 1.165) is 0 Å². The van der Waals surface area contributed by atoms with Crippen molar-refractivity contribution in [1.82, 2.24) is 30.8 Å². The van der Waals surface area contributed by atoms with E-state index in [9.17, 15) is 18.4 Å². The lowest BCUT2D eigenvalue weighted by Gasteiger charge is -2.10. The number of aryl methyl sites for hydroxylation is 1. The van der Waals surface area contributed by atoms with E-state index in [2.05, 4.69) is 31.5 Å². The molecular formula is C18H17F2N7O2. The molecule has 0 atom stereocenters. The number of carbonyl (C=O) groups excluding carboxylic acids is 2. The third kappa shape index (κ3) is 5.31. The van der Waals surface area contributed by atoms with Gasteiger partial charge < -0.3 is 16.0 Å². The van der Waals surface area contributed by atoms with Gasteiger partial charge in [-0.25, -0.2) is 13.6 Å². The van der Waals surface area contributed by atoms with Gasteiger partial charge in [0, 0.05) is 12.2 Å². The predicted octanol–water partition coefficient (Wildman–Crippen LogP) is 1.69. The molecule has 0 saturated heterocycles. The number of urea groups is 1. The Bertz CT molecular complexity index is 1020. The van der Waals surface area contributed by atoms with Crippen LogP contribution in [0.5, 0.6) is 0 Å². The molecular weight excluding hydrogens is 384 g/mol. The highest BCUT2D eigenvalue weighted by Crippen LogP contribution is 2.18. The van der Waals surface area contributed by atoms with E-state index in [4.69, 9.17) is 0 Å². The van der Waals surface area contributed by atoms with E-state index in [1.807, 2.05) is 0 Å². The Balaban J connectivity index is 1.51. The largest absolute Gasteiger partial charge is 0.334 e. The number of anilines is 1. The minimum Gasteiger partial charge on any atom is -0.334 e. The monoisotopic (exact) mass is 401 g/mol. The summed E-state index contributed by atoms with van der Waals surface area (Å²) in [6.45, 7) is 1.49. The number of hydrogen-bond acceptors (Lipinski definition) is 5. The van der Waals surface area contributed by atoms with Gasteiger partial charge in [0.2, 0.25) is 5.91 Å². The molecule has 0 bridgehead atoms. The SMILES string of the molecule is Cc1nnnn1-c1cc(NC(=O)CNC(=O)NCc2ccc(F)cc2)ccc1F. The molecule has 1 aromatic heterocycles. The molecule has 0 radical (unpaired) electrons. The maximum absolute atomic E-state index is 14.0. The van der Waals surface area contributed by atoms with Gasteiger partial charge in [-0.15, -0.1) is 5.10 Å². The molecule has 3 N–H and O–H groups in total. The van der Waals surface area contributed by atoms with Crippen LogP contribution in [0.15, 0.2) is 42.5 Å². The minimum absolute atomic E-state index is 0.0790. The topological polar surface area (TPSA) is 114 Å². The van der Waals surface area contributed by atoms with Crippen LogP contribution < -0.4 is 16.0 Å². The molecule has 9 nitrogen and oxygen atoms in total. The lowest BCUT2D eigenvalue weighted by Crippen LogP contribution is -2.39. The first kappa shape index (κ1) is 19.9. The fourth-order valence-corrected chi connectivity index (χ4v) is 2.42. The quantitative estimate of drug-likeness (QED) is 0.582. The fourth-order valence-electron chi connectivity index (χ4n) is 2.42. The first-order valence-electron chi connectivity index (χ1n) is 8.53. The Morgan fingerprint density at radius 1 is 1.07 bits per heavy atom. The molecule has 0 aliphatic heterocycles. The lowest BCUT2D eigenvalue weighted by molar-refractivity contribution is -0.115. The van der Waals surface area contributed by atoms with Gasteiger partial charge in [-0.1, -0.05) is 12.1 Å². The number of rotatable bonds is 6. The Kier molecular flexibility index (Phi) is 6.07. The number of halogens is 2. The van der Waals surface area contributed by atoms with Gasteiger partial charge >= 0.3 is 6.03 Å². The van der Waals surface area contributed by atoms with Crippen molar-refractivity contribution in [3.8, 4) is 5.69 Å². The zero-order valence-electron chi connectivity index (χ0n) is 15.3. The summed E-state index contributed by atoms with van der Waals surface area (Å²) < 4.78 is 28.1. The van der Waals surface area contributed by atoms with Crippen LogP contribution in [-0.2, 0) is 11.3 Å². The maximum atomic E-state index is 14.0. The summed E-state index contributed by atoms with van der Waals surface area (Å²) in [4.78, 5) is 23.8. The van der Waals surface area contributed by atoms with E-state index in [1.165, 1.54) is 35.0 Å². The van der Waals surface area contributed by atoms with Crippen LogP contribution in [-0.4, -0.2) is 38.7 Å². The number of amides is 3. The molecule has 0 unspecified atom stereocenters. The third-order valence-electron chi connectivity index (χ3n) is 3.86. The summed E-state index contributed by atoms with van der Waals surface area (Å²) in [6.07, 6.45) is 0. The molecule has 0 aliphatic rings. The third-order valence-corrected chi connectivity index (χ3v) is 3.86. The number of carbonyl (C=O) groups is 2. The summed E-state index contributed by atoms with van der Waals surface area (Å²) >= 11 is 0. The molecule has 3 amide bonds. The normalized spacial score (nSPS) is 10.4. The number of tetrazole rings is 1. The van der Waals surface area contributed by atoms with Crippen molar-refractivity contribution in [2.24, 2.45) is 0 Å². The second-order valence-corrected chi connectivity index (χ2v) is 6.01. The molecule has 3 aromatic rings. The van der Waals surface area contributed by atoms with Crippen molar-refractivity contribution in [2.45, 2.75) is 13.5 Å². The first-order chi connectivity index (χ1) is 13.9. The van der Waals surface area contributed by atoms with Crippen LogP contribution in [0.3, 0.4) is 0 Å². The Labute approximate surface area is 164 Å². The van der Waals surface area contributed by atoms with Crippen molar-refractivity contribution in [2.75, 3.05) is 11.9 Å². The van der Waals surface area contributed by atoms with Crippen molar-refractivity contribution >= 4 is 17.6 Å². The molecule has 1 heterocycles. The number of benzene rings is 2. The van der Waals surface area contributed by atoms with Gasteiger partial charge in [-0.05, 0) is 53.2 Å². The molecule has 0 spiro atoms. The highest BCUT2D eigenvalue weighted by molar-refractivity contribution is 5.94. The maximum Gasteiger partial charge on any atom is 0.315 e. The number of aromatic nitrogens is 4. The summed E-state index contributed by atoms with van der Waals surface area (Å²) in [5.74, 6) is -1.05. The zero-order valence-corrected chi connectivity index (χ0v) is 15.3. The first-order valence-corrected chi connectivity index (χ1v) is 8.53. The molecule has 11 heteroatoms. The van der Waals surface area contributed by atoms with Crippen LogP contribution in [0, 0.1) is 18.6 Å². The second-order valence-electron chi connectivity index (χ2n) is 6.01. The summed E-state index contributed by atoms with van der Waals surface area (Å²) in [5.41, 5.74) is 1.10. The molecule has 0 saturated carbocycles. The molecule has 0 aliphatic carbocycles. The molecule has 2 aromatic carbocycles. The Hall–Kier alpha value is -3.89. The Morgan fingerprint density at radius 2 is 1.83 bits per heavy atom. The molecule has 29 heavy (non-hydrogen) atoms. The van der Waals surface area contributed by atoms with Crippen molar-refractivity contribution in [1.29, 1.82) is 0 Å². The fraction of sp³-hybridized carbons (Fsp3) is 0.167. The van der Waals surface area contributed by atoms with E-state index >= 15 is 0 Å². The molecule has 3 rings (SSSR count). The average molecular weight is 401 g/mol. The summed E-state index contributed by atoms with van der Waals surface area (Å²) in [6, 6.07) is 9.03. The van der Waals surface area contributed by atoms with Crippen LogP contribution in [0.4, 0.5) is 19.3 Å². The Morgan fingerprint density at radius 3 is 2.52 bits per heavy atom. The summed E-state index contributed by atoms with van der Waals surface area (Å²) in [5, 5.41) is 18.3. The van der Waals surface area contributed by atoms with Crippen LogP contribution in [0.25, 0.3) is 5.69 Å². The van der Waals surface area contributed by atoms with Crippen molar-refractivity contribution in [3.05, 3.63) is 65.5 Å². The predicted molar refractivity (Wildman–Crippen MR) is 99.1 cm³/mol. The highest BCUT2D eigenvalue weighted by Gasteiger charge is 2.12. The van der Waals surface area contributed by atoms with Crippen molar-refractivity contribution in [3.63, 3.8) is 0 Å². The van der Waals surface area contributed by atoms with Gasteiger partial charge in [0.1, 0.15) is 17.3 Å². The van der Waals surface area contributed by atoms with Gasteiger partial charge in [0.25, 0.3) is 0 Å². The highest BCUT2D eigenvalue weighted by atomic mass is 19.1. The van der Waals surface area contributed by atoms with Crippen molar-refractivity contribution < 1.29 is 18.4 Å². The van der Waals surface area contributed by atoms with Gasteiger partial charge in [-0.2, -0.15) is 4.68 Å². The number of nitrogens with zero attached hydrogens (tertiary/aromatic N) is 4. The number of hydrogen-bond donors (Lipinski definition) is 3. The van der Waals surface area contributed by atoms with E-state index in [1.54, 1.807) is 19.1 Å². The zero-order chi connectivity index (χ0) is 20.8. The standard InChI is InChI=1S/C18H17F2N7O2/c1-11-24-25-26-27(11)16-8-14(6-7-15(16)20)23-17(28)10-22-18(29)21-9-12-2-4-13(19)5-3-12/h2-8H,9-10H2,1H3,(H,23,28)(H2,21,22,29). The second kappa shape index (κ2) is 8.87.